The summed E-state index contributed by atoms with van der Waals surface area (Å²) in [5.74, 6) is 0.388. The van der Waals surface area contributed by atoms with E-state index in [4.69, 9.17) is 5.73 Å². The van der Waals surface area contributed by atoms with Crippen LogP contribution in [-0.2, 0) is 0 Å². The third-order valence-corrected chi connectivity index (χ3v) is 3.20. The van der Waals surface area contributed by atoms with Crippen LogP contribution in [0.3, 0.4) is 0 Å². The number of nitro benzene ring substituents is 1. The van der Waals surface area contributed by atoms with E-state index in [9.17, 15) is 10.1 Å². The maximum Gasteiger partial charge on any atom is 0.270 e. The number of rotatable bonds is 5. The molecule has 1 aromatic carbocycles. The van der Waals surface area contributed by atoms with Gasteiger partial charge in [-0.2, -0.15) is 0 Å². The van der Waals surface area contributed by atoms with Crippen LogP contribution in [-0.4, -0.2) is 17.5 Å². The lowest BCUT2D eigenvalue weighted by Gasteiger charge is -2.17. The lowest BCUT2D eigenvalue weighted by molar-refractivity contribution is -0.384. The molecule has 0 bridgehead atoms. The maximum absolute atomic E-state index is 10.6. The molecule has 1 aromatic rings. The van der Waals surface area contributed by atoms with E-state index >= 15 is 0 Å². The van der Waals surface area contributed by atoms with Gasteiger partial charge in [0.2, 0.25) is 0 Å². The van der Waals surface area contributed by atoms with E-state index < -0.39 is 4.92 Å². The summed E-state index contributed by atoms with van der Waals surface area (Å²) in [6.07, 6.45) is 0. The molecule has 0 spiro atoms. The van der Waals surface area contributed by atoms with Gasteiger partial charge in [-0.1, -0.05) is 13.8 Å². The zero-order valence-electron chi connectivity index (χ0n) is 9.81. The molecule has 6 heteroatoms. The van der Waals surface area contributed by atoms with Crippen molar-refractivity contribution in [2.45, 2.75) is 19.9 Å². The molecule has 5 nitrogen and oxygen atoms in total. The smallest absolute Gasteiger partial charge is 0.270 e. The summed E-state index contributed by atoms with van der Waals surface area (Å²) in [5.41, 5.74) is 6.78. The number of anilines is 1. The second-order valence-corrected chi connectivity index (χ2v) is 5.06. The van der Waals surface area contributed by atoms with Crippen LogP contribution in [0.4, 0.5) is 11.4 Å². The number of nitro groups is 1. The lowest BCUT2D eigenvalue weighted by atomic mass is 10.1. The van der Waals surface area contributed by atoms with E-state index in [1.54, 1.807) is 6.07 Å². The van der Waals surface area contributed by atoms with Gasteiger partial charge in [-0.3, -0.25) is 10.1 Å². The van der Waals surface area contributed by atoms with Gasteiger partial charge < -0.3 is 11.1 Å². The quantitative estimate of drug-likeness (QED) is 0.647. The highest BCUT2D eigenvalue weighted by Gasteiger charge is 2.11. The Bertz CT molecular complexity index is 410. The largest absolute Gasteiger partial charge is 0.383 e. The van der Waals surface area contributed by atoms with Crippen molar-refractivity contribution in [2.75, 3.05) is 11.9 Å². The lowest BCUT2D eigenvalue weighted by Crippen LogP contribution is -2.34. The molecule has 0 aliphatic rings. The SMILES string of the molecule is CC(C)C(N)CNc1ccc([N+](=O)[O-])cc1Br. The van der Waals surface area contributed by atoms with Crippen molar-refractivity contribution in [1.29, 1.82) is 0 Å². The zero-order valence-corrected chi connectivity index (χ0v) is 11.4. The van der Waals surface area contributed by atoms with Crippen LogP contribution < -0.4 is 11.1 Å². The highest BCUT2D eigenvalue weighted by molar-refractivity contribution is 9.10. The van der Waals surface area contributed by atoms with E-state index in [1.807, 2.05) is 0 Å². The molecule has 0 heterocycles. The molecule has 0 saturated carbocycles. The monoisotopic (exact) mass is 301 g/mol. The van der Waals surface area contributed by atoms with E-state index in [0.717, 1.165) is 5.69 Å². The molecule has 0 fully saturated rings. The molecule has 0 aromatic heterocycles. The van der Waals surface area contributed by atoms with E-state index in [1.165, 1.54) is 12.1 Å². The molecule has 1 unspecified atom stereocenters. The molecular formula is C11H16BrN3O2. The summed E-state index contributed by atoms with van der Waals surface area (Å²) in [6, 6.07) is 4.67. The molecular weight excluding hydrogens is 286 g/mol. The van der Waals surface area contributed by atoms with E-state index in [-0.39, 0.29) is 11.7 Å². The van der Waals surface area contributed by atoms with Crippen molar-refractivity contribution in [3.05, 3.63) is 32.8 Å². The predicted octanol–water partition coefficient (Wildman–Crippen LogP) is 2.75. The van der Waals surface area contributed by atoms with Crippen molar-refractivity contribution < 1.29 is 4.92 Å². The van der Waals surface area contributed by atoms with Crippen LogP contribution in [0.25, 0.3) is 0 Å². The first-order chi connectivity index (χ1) is 7.91. The first-order valence-electron chi connectivity index (χ1n) is 5.35. The van der Waals surface area contributed by atoms with Crippen LogP contribution in [0.2, 0.25) is 0 Å². The van der Waals surface area contributed by atoms with Crippen molar-refractivity contribution in [1.82, 2.24) is 0 Å². The topological polar surface area (TPSA) is 81.2 Å². The Balaban J connectivity index is 2.70. The fourth-order valence-electron chi connectivity index (χ4n) is 1.22. The summed E-state index contributed by atoms with van der Waals surface area (Å²) in [7, 11) is 0. The Morgan fingerprint density at radius 1 is 1.53 bits per heavy atom. The third kappa shape index (κ3) is 3.98. The summed E-state index contributed by atoms with van der Waals surface area (Å²) >= 11 is 3.29. The van der Waals surface area contributed by atoms with E-state index in [0.29, 0.717) is 16.9 Å². The minimum Gasteiger partial charge on any atom is -0.383 e. The molecule has 0 saturated heterocycles. The Morgan fingerprint density at radius 2 is 2.18 bits per heavy atom. The fraction of sp³-hybridized carbons (Fsp3) is 0.455. The first kappa shape index (κ1) is 13.9. The molecule has 94 valence electrons. The first-order valence-corrected chi connectivity index (χ1v) is 6.14. The number of nitrogens with zero attached hydrogens (tertiary/aromatic N) is 1. The average Bonchev–Trinajstić information content (AvgIpc) is 2.26. The normalized spacial score (nSPS) is 12.5. The van der Waals surface area contributed by atoms with Crippen LogP contribution in [0, 0.1) is 16.0 Å². The standard InChI is InChI=1S/C11H16BrN3O2/c1-7(2)10(13)6-14-11-4-3-8(15(16)17)5-9(11)12/h3-5,7,10,14H,6,13H2,1-2H3. The number of hydrogen-bond donors (Lipinski definition) is 2. The molecule has 1 rings (SSSR count). The summed E-state index contributed by atoms with van der Waals surface area (Å²) in [4.78, 5) is 10.1. The second kappa shape index (κ2) is 5.97. The maximum atomic E-state index is 10.6. The van der Waals surface area contributed by atoms with Crippen molar-refractivity contribution in [2.24, 2.45) is 11.7 Å². The van der Waals surface area contributed by atoms with Gasteiger partial charge in [0.05, 0.1) is 4.92 Å². The van der Waals surface area contributed by atoms with E-state index in [2.05, 4.69) is 35.1 Å². The summed E-state index contributed by atoms with van der Waals surface area (Å²) < 4.78 is 0.669. The minimum absolute atomic E-state index is 0.0529. The van der Waals surface area contributed by atoms with Gasteiger partial charge in [0.25, 0.3) is 5.69 Å². The van der Waals surface area contributed by atoms with Gasteiger partial charge in [-0.05, 0) is 27.9 Å². The van der Waals surface area contributed by atoms with Gasteiger partial charge in [0.1, 0.15) is 0 Å². The van der Waals surface area contributed by atoms with Crippen LogP contribution in [0.1, 0.15) is 13.8 Å². The molecule has 0 amide bonds. The highest BCUT2D eigenvalue weighted by atomic mass is 79.9. The predicted molar refractivity (Wildman–Crippen MR) is 72.1 cm³/mol. The van der Waals surface area contributed by atoms with Crippen LogP contribution in [0.5, 0.6) is 0 Å². The Kier molecular flexibility index (Phi) is 4.89. The van der Waals surface area contributed by atoms with Crippen molar-refractivity contribution in [3.63, 3.8) is 0 Å². The number of benzene rings is 1. The van der Waals surface area contributed by atoms with Gasteiger partial charge in [-0.15, -0.1) is 0 Å². The second-order valence-electron chi connectivity index (χ2n) is 4.21. The summed E-state index contributed by atoms with van der Waals surface area (Å²) in [6.45, 7) is 4.74. The Hall–Kier alpha value is -1.14. The van der Waals surface area contributed by atoms with Crippen LogP contribution in [0.15, 0.2) is 22.7 Å². The number of halogens is 1. The summed E-state index contributed by atoms with van der Waals surface area (Å²) in [5, 5.41) is 13.7. The van der Waals surface area contributed by atoms with Crippen molar-refractivity contribution >= 4 is 27.3 Å². The average molecular weight is 302 g/mol. The Labute approximate surface area is 109 Å². The minimum atomic E-state index is -0.422. The molecule has 1 atom stereocenters. The molecule has 17 heavy (non-hydrogen) atoms. The van der Waals surface area contributed by atoms with Gasteiger partial charge in [-0.25, -0.2) is 0 Å². The number of hydrogen-bond acceptors (Lipinski definition) is 4. The van der Waals surface area contributed by atoms with Gasteiger partial charge >= 0.3 is 0 Å². The molecule has 0 aliphatic heterocycles. The zero-order chi connectivity index (χ0) is 13.0. The molecule has 3 N–H and O–H groups in total. The van der Waals surface area contributed by atoms with Gasteiger partial charge in [0.15, 0.2) is 0 Å². The molecule has 0 radical (unpaired) electrons. The van der Waals surface area contributed by atoms with Crippen molar-refractivity contribution in [3.8, 4) is 0 Å². The van der Waals surface area contributed by atoms with Gasteiger partial charge in [0, 0.05) is 34.9 Å². The highest BCUT2D eigenvalue weighted by Crippen LogP contribution is 2.27. The van der Waals surface area contributed by atoms with Crippen LogP contribution >= 0.6 is 15.9 Å². The number of nitrogens with two attached hydrogens (primary N) is 1. The fourth-order valence-corrected chi connectivity index (χ4v) is 1.73. The number of non-ortho nitro benzene ring substituents is 1. The Morgan fingerprint density at radius 3 is 2.65 bits per heavy atom. The number of nitrogens with one attached hydrogen (secondary N) is 1. The molecule has 0 aliphatic carbocycles. The third-order valence-electron chi connectivity index (χ3n) is 2.55.